The topological polar surface area (TPSA) is 77.2 Å². The maximum atomic E-state index is 11.2. The van der Waals surface area contributed by atoms with E-state index in [-0.39, 0.29) is 5.91 Å². The molecule has 1 aromatic carbocycles. The number of carbonyl (C=O) groups excluding carboxylic acids is 1. The molecule has 0 aliphatic carbocycles. The van der Waals surface area contributed by atoms with Crippen LogP contribution in [0.3, 0.4) is 0 Å². The van der Waals surface area contributed by atoms with E-state index in [1.165, 1.54) is 6.20 Å². The summed E-state index contributed by atoms with van der Waals surface area (Å²) in [6.07, 6.45) is 1.47. The van der Waals surface area contributed by atoms with Gasteiger partial charge in [0.2, 0.25) is 0 Å². The van der Waals surface area contributed by atoms with E-state index in [1.807, 2.05) is 24.3 Å². The molecule has 0 aliphatic rings. The minimum absolute atomic E-state index is 0.352. The van der Waals surface area contributed by atoms with Crippen molar-refractivity contribution in [1.29, 1.82) is 0 Å². The van der Waals surface area contributed by atoms with Gasteiger partial charge < -0.3 is 4.74 Å². The second kappa shape index (κ2) is 6.48. The zero-order chi connectivity index (χ0) is 13.7. The lowest BCUT2D eigenvalue weighted by Crippen LogP contribution is -2.30. The van der Waals surface area contributed by atoms with Crippen LogP contribution in [-0.2, 0) is 6.61 Å². The molecule has 0 aliphatic heterocycles. The number of hydrogen-bond acceptors (Lipinski definition) is 4. The third-order valence-corrected chi connectivity index (χ3v) is 3.14. The molecule has 5 nitrogen and oxygen atoms in total. The van der Waals surface area contributed by atoms with Crippen molar-refractivity contribution in [3.8, 4) is 5.75 Å². The fraction of sp³-hybridized carbons (Fsp3) is 0.0769. The normalized spacial score (nSPS) is 10.0. The first-order chi connectivity index (χ1) is 9.19. The Hall–Kier alpha value is -1.67. The maximum Gasteiger partial charge on any atom is 0.266 e. The summed E-state index contributed by atoms with van der Waals surface area (Å²) in [7, 11) is 0. The van der Waals surface area contributed by atoms with Gasteiger partial charge in [-0.3, -0.25) is 15.2 Å². The van der Waals surface area contributed by atoms with Crippen molar-refractivity contribution in [1.82, 2.24) is 10.4 Å². The number of amides is 1. The molecule has 19 heavy (non-hydrogen) atoms. The summed E-state index contributed by atoms with van der Waals surface area (Å²) in [6, 6.07) is 11.1. The van der Waals surface area contributed by atoms with Crippen LogP contribution in [0.5, 0.6) is 5.75 Å². The molecule has 0 radical (unpaired) electrons. The molecule has 0 saturated carbocycles. The second-order valence-electron chi connectivity index (χ2n) is 3.75. The SMILES string of the molecule is NNC(=O)c1ccc(COc2ccc(I)cc2)nc1. The lowest BCUT2D eigenvalue weighted by atomic mass is 10.2. The Morgan fingerprint density at radius 2 is 2.00 bits per heavy atom. The number of nitrogen functional groups attached to an aromatic ring is 1. The number of nitrogens with zero attached hydrogens (tertiary/aromatic N) is 1. The van der Waals surface area contributed by atoms with Crippen molar-refractivity contribution in [2.24, 2.45) is 5.84 Å². The zero-order valence-electron chi connectivity index (χ0n) is 9.97. The minimum Gasteiger partial charge on any atom is -0.487 e. The number of rotatable bonds is 4. The van der Waals surface area contributed by atoms with Gasteiger partial charge >= 0.3 is 0 Å². The Kier molecular flexibility index (Phi) is 4.69. The van der Waals surface area contributed by atoms with Gasteiger partial charge in [0, 0.05) is 9.77 Å². The average molecular weight is 369 g/mol. The fourth-order valence-electron chi connectivity index (χ4n) is 1.42. The number of pyridine rings is 1. The van der Waals surface area contributed by atoms with Gasteiger partial charge in [-0.25, -0.2) is 5.84 Å². The van der Waals surface area contributed by atoms with Gasteiger partial charge in [0.05, 0.1) is 11.3 Å². The predicted octanol–water partition coefficient (Wildman–Crippen LogP) is 1.87. The van der Waals surface area contributed by atoms with Crippen LogP contribution in [0, 0.1) is 3.57 Å². The van der Waals surface area contributed by atoms with Crippen molar-refractivity contribution >= 4 is 28.5 Å². The number of carbonyl (C=O) groups is 1. The van der Waals surface area contributed by atoms with Crippen molar-refractivity contribution in [3.05, 3.63) is 57.4 Å². The number of nitrogens with two attached hydrogens (primary N) is 1. The average Bonchev–Trinajstić information content (AvgIpc) is 2.46. The van der Waals surface area contributed by atoms with E-state index in [2.05, 4.69) is 33.0 Å². The molecule has 2 rings (SSSR count). The Labute approximate surface area is 124 Å². The number of ether oxygens (including phenoxy) is 1. The molecule has 98 valence electrons. The molecule has 0 unspecified atom stereocenters. The number of benzene rings is 1. The van der Waals surface area contributed by atoms with E-state index < -0.39 is 0 Å². The van der Waals surface area contributed by atoms with Gasteiger partial charge in [0.15, 0.2) is 0 Å². The van der Waals surface area contributed by atoms with Crippen LogP contribution in [0.4, 0.5) is 0 Å². The fourth-order valence-corrected chi connectivity index (χ4v) is 1.78. The number of nitrogens with one attached hydrogen (secondary N) is 1. The van der Waals surface area contributed by atoms with Gasteiger partial charge in [-0.15, -0.1) is 0 Å². The summed E-state index contributed by atoms with van der Waals surface area (Å²) in [5, 5.41) is 0. The molecule has 0 spiro atoms. The molecule has 0 fully saturated rings. The monoisotopic (exact) mass is 369 g/mol. The molecular formula is C13H12IN3O2. The lowest BCUT2D eigenvalue weighted by Gasteiger charge is -2.06. The Bertz CT molecular complexity index is 555. The highest BCUT2D eigenvalue weighted by Crippen LogP contribution is 2.14. The number of hydrogen-bond donors (Lipinski definition) is 2. The van der Waals surface area contributed by atoms with Crippen molar-refractivity contribution in [2.45, 2.75) is 6.61 Å². The van der Waals surface area contributed by atoms with Crippen LogP contribution < -0.4 is 16.0 Å². The summed E-state index contributed by atoms with van der Waals surface area (Å²) in [5.74, 6) is 5.46. The van der Waals surface area contributed by atoms with Crippen LogP contribution in [0.15, 0.2) is 42.6 Å². The molecule has 0 atom stereocenters. The summed E-state index contributed by atoms with van der Waals surface area (Å²) in [5.41, 5.74) is 3.21. The zero-order valence-corrected chi connectivity index (χ0v) is 12.1. The Morgan fingerprint density at radius 3 is 2.58 bits per heavy atom. The van der Waals surface area contributed by atoms with Gasteiger partial charge in [-0.2, -0.15) is 0 Å². The quantitative estimate of drug-likeness (QED) is 0.373. The smallest absolute Gasteiger partial charge is 0.266 e. The van der Waals surface area contributed by atoms with Crippen molar-refractivity contribution in [2.75, 3.05) is 0 Å². The van der Waals surface area contributed by atoms with Crippen molar-refractivity contribution < 1.29 is 9.53 Å². The second-order valence-corrected chi connectivity index (χ2v) is 5.00. The highest BCUT2D eigenvalue weighted by Gasteiger charge is 2.04. The summed E-state index contributed by atoms with van der Waals surface area (Å²) < 4.78 is 6.74. The van der Waals surface area contributed by atoms with E-state index in [4.69, 9.17) is 10.6 Å². The molecular weight excluding hydrogens is 357 g/mol. The third-order valence-electron chi connectivity index (χ3n) is 2.42. The first-order valence-corrected chi connectivity index (χ1v) is 6.61. The van der Waals surface area contributed by atoms with Crippen LogP contribution in [-0.4, -0.2) is 10.9 Å². The Balaban J connectivity index is 1.96. The van der Waals surface area contributed by atoms with E-state index >= 15 is 0 Å². The van der Waals surface area contributed by atoms with Crippen LogP contribution in [0.1, 0.15) is 16.1 Å². The van der Waals surface area contributed by atoms with Gasteiger partial charge in [-0.05, 0) is 59.0 Å². The molecule has 6 heteroatoms. The van der Waals surface area contributed by atoms with Crippen LogP contribution >= 0.6 is 22.6 Å². The maximum absolute atomic E-state index is 11.2. The first kappa shape index (κ1) is 13.8. The third kappa shape index (κ3) is 3.90. The number of aromatic nitrogens is 1. The lowest BCUT2D eigenvalue weighted by molar-refractivity contribution is 0.0953. The van der Waals surface area contributed by atoms with E-state index in [0.717, 1.165) is 15.0 Å². The number of hydrazine groups is 1. The van der Waals surface area contributed by atoms with E-state index in [9.17, 15) is 4.79 Å². The van der Waals surface area contributed by atoms with E-state index in [0.29, 0.717) is 12.2 Å². The molecule has 2 aromatic rings. The predicted molar refractivity (Wildman–Crippen MR) is 79.4 cm³/mol. The summed E-state index contributed by atoms with van der Waals surface area (Å²) >= 11 is 2.23. The van der Waals surface area contributed by atoms with Gasteiger partial charge in [0.25, 0.3) is 5.91 Å². The largest absolute Gasteiger partial charge is 0.487 e. The molecule has 3 N–H and O–H groups in total. The van der Waals surface area contributed by atoms with Crippen LogP contribution in [0.2, 0.25) is 0 Å². The minimum atomic E-state index is -0.363. The molecule has 1 heterocycles. The highest BCUT2D eigenvalue weighted by atomic mass is 127. The van der Waals surface area contributed by atoms with Gasteiger partial charge in [0.1, 0.15) is 12.4 Å². The highest BCUT2D eigenvalue weighted by molar-refractivity contribution is 14.1. The summed E-state index contributed by atoms with van der Waals surface area (Å²) in [6.45, 7) is 0.352. The molecule has 0 saturated heterocycles. The Morgan fingerprint density at radius 1 is 1.26 bits per heavy atom. The molecule has 1 amide bonds. The van der Waals surface area contributed by atoms with Crippen molar-refractivity contribution in [3.63, 3.8) is 0 Å². The first-order valence-electron chi connectivity index (χ1n) is 5.53. The molecule has 0 bridgehead atoms. The van der Waals surface area contributed by atoms with Gasteiger partial charge in [-0.1, -0.05) is 0 Å². The standard InChI is InChI=1S/C13H12IN3O2/c14-10-2-5-12(6-3-10)19-8-11-4-1-9(7-16-11)13(18)17-15/h1-7H,8,15H2,(H,17,18). The molecule has 1 aromatic heterocycles. The number of halogens is 1. The van der Waals surface area contributed by atoms with E-state index in [1.54, 1.807) is 12.1 Å². The van der Waals surface area contributed by atoms with Crippen LogP contribution in [0.25, 0.3) is 0 Å². The summed E-state index contributed by atoms with van der Waals surface area (Å²) in [4.78, 5) is 15.4.